The lowest BCUT2D eigenvalue weighted by Gasteiger charge is -2.27. The van der Waals surface area contributed by atoms with E-state index in [0.29, 0.717) is 12.0 Å². The number of aryl methyl sites for hydroxylation is 1. The number of hydrogen-bond donors (Lipinski definition) is 1. The summed E-state index contributed by atoms with van der Waals surface area (Å²) >= 11 is 0. The molecular formula is C16H23NO2. The first-order valence-corrected chi connectivity index (χ1v) is 7.43. The maximum absolute atomic E-state index is 5.90. The first kappa shape index (κ1) is 12.8. The van der Waals surface area contributed by atoms with Gasteiger partial charge >= 0.3 is 0 Å². The normalized spacial score (nSPS) is 25.6. The van der Waals surface area contributed by atoms with Crippen LogP contribution in [0.15, 0.2) is 12.1 Å². The largest absolute Gasteiger partial charge is 0.489 e. The second-order valence-corrected chi connectivity index (χ2v) is 5.73. The third kappa shape index (κ3) is 2.57. The van der Waals surface area contributed by atoms with Gasteiger partial charge in [0.25, 0.3) is 0 Å². The highest BCUT2D eigenvalue weighted by molar-refractivity contribution is 5.49. The van der Waals surface area contributed by atoms with Crippen molar-refractivity contribution in [3.63, 3.8) is 0 Å². The van der Waals surface area contributed by atoms with E-state index in [2.05, 4.69) is 31.3 Å². The summed E-state index contributed by atoms with van der Waals surface area (Å²) in [6.07, 6.45) is 3.63. The van der Waals surface area contributed by atoms with Gasteiger partial charge in [-0.25, -0.2) is 0 Å². The molecule has 1 aliphatic carbocycles. The molecule has 104 valence electrons. The topological polar surface area (TPSA) is 30.5 Å². The van der Waals surface area contributed by atoms with Crippen molar-refractivity contribution in [3.05, 3.63) is 23.3 Å². The van der Waals surface area contributed by atoms with Gasteiger partial charge in [0.15, 0.2) is 11.5 Å². The first-order valence-electron chi connectivity index (χ1n) is 7.43. The van der Waals surface area contributed by atoms with Crippen molar-refractivity contribution in [2.24, 2.45) is 5.92 Å². The standard InChI is InChI=1S/C16H23NO2/c1-3-17-14-6-4-5-12-7-15-16(8-13(12)14)19-10-11(2)9-18-15/h7-8,11,14,17H,3-6,9-10H2,1-2H3. The van der Waals surface area contributed by atoms with Gasteiger partial charge in [-0.05, 0) is 49.1 Å². The molecule has 2 aliphatic rings. The van der Waals surface area contributed by atoms with E-state index in [0.717, 1.165) is 37.7 Å². The van der Waals surface area contributed by atoms with Crippen LogP contribution in [0.5, 0.6) is 11.5 Å². The molecule has 0 radical (unpaired) electrons. The summed E-state index contributed by atoms with van der Waals surface area (Å²) in [6, 6.07) is 4.88. The van der Waals surface area contributed by atoms with Crippen LogP contribution < -0.4 is 14.8 Å². The minimum absolute atomic E-state index is 0.453. The van der Waals surface area contributed by atoms with E-state index in [4.69, 9.17) is 9.47 Å². The summed E-state index contributed by atoms with van der Waals surface area (Å²) in [5, 5.41) is 3.58. The summed E-state index contributed by atoms with van der Waals surface area (Å²) < 4.78 is 11.8. The molecule has 1 aromatic carbocycles. The van der Waals surface area contributed by atoms with Gasteiger partial charge in [-0.3, -0.25) is 0 Å². The van der Waals surface area contributed by atoms with Gasteiger partial charge in [0.2, 0.25) is 0 Å². The molecule has 0 fully saturated rings. The number of rotatable bonds is 2. The van der Waals surface area contributed by atoms with E-state index in [1.807, 2.05) is 0 Å². The maximum Gasteiger partial charge on any atom is 0.161 e. The fraction of sp³-hybridized carbons (Fsp3) is 0.625. The molecule has 3 rings (SSSR count). The minimum atomic E-state index is 0.453. The molecule has 1 heterocycles. The predicted octanol–water partition coefficient (Wildman–Crippen LogP) is 3.08. The summed E-state index contributed by atoms with van der Waals surface area (Å²) in [5.41, 5.74) is 2.83. The van der Waals surface area contributed by atoms with Crippen LogP contribution in [-0.4, -0.2) is 19.8 Å². The van der Waals surface area contributed by atoms with Gasteiger partial charge in [0.05, 0.1) is 13.2 Å². The van der Waals surface area contributed by atoms with Gasteiger partial charge in [0.1, 0.15) is 0 Å². The van der Waals surface area contributed by atoms with Crippen molar-refractivity contribution in [2.45, 2.75) is 39.2 Å². The number of hydrogen-bond acceptors (Lipinski definition) is 3. The highest BCUT2D eigenvalue weighted by atomic mass is 16.5. The number of benzene rings is 1. The average molecular weight is 261 g/mol. The van der Waals surface area contributed by atoms with Gasteiger partial charge in [-0.1, -0.05) is 13.8 Å². The molecule has 0 spiro atoms. The fourth-order valence-electron chi connectivity index (χ4n) is 3.01. The lowest BCUT2D eigenvalue weighted by molar-refractivity contribution is 0.228. The number of ether oxygens (including phenoxy) is 2. The summed E-state index contributed by atoms with van der Waals surface area (Å²) in [5.74, 6) is 2.31. The van der Waals surface area contributed by atoms with Crippen molar-refractivity contribution in [1.29, 1.82) is 0 Å². The van der Waals surface area contributed by atoms with E-state index in [1.54, 1.807) is 0 Å². The molecule has 1 aliphatic heterocycles. The Morgan fingerprint density at radius 1 is 1.21 bits per heavy atom. The Labute approximate surface area is 115 Å². The van der Waals surface area contributed by atoms with Crippen LogP contribution in [-0.2, 0) is 6.42 Å². The zero-order chi connectivity index (χ0) is 13.2. The molecule has 0 aromatic heterocycles. The quantitative estimate of drug-likeness (QED) is 0.887. The second kappa shape index (κ2) is 5.41. The van der Waals surface area contributed by atoms with Crippen LogP contribution >= 0.6 is 0 Å². The highest BCUT2D eigenvalue weighted by Crippen LogP contribution is 2.39. The van der Waals surface area contributed by atoms with Crippen LogP contribution in [0.4, 0.5) is 0 Å². The third-order valence-electron chi connectivity index (χ3n) is 4.02. The molecule has 0 saturated carbocycles. The van der Waals surface area contributed by atoms with Crippen molar-refractivity contribution in [3.8, 4) is 11.5 Å². The van der Waals surface area contributed by atoms with Crippen LogP contribution in [0.2, 0.25) is 0 Å². The molecule has 0 amide bonds. The van der Waals surface area contributed by atoms with Gasteiger partial charge in [-0.15, -0.1) is 0 Å². The molecule has 0 saturated heterocycles. The van der Waals surface area contributed by atoms with E-state index in [9.17, 15) is 0 Å². The molecule has 0 bridgehead atoms. The fourth-order valence-corrected chi connectivity index (χ4v) is 3.01. The van der Waals surface area contributed by atoms with Crippen LogP contribution in [0.1, 0.15) is 43.9 Å². The summed E-state index contributed by atoms with van der Waals surface area (Å²) in [4.78, 5) is 0. The Morgan fingerprint density at radius 2 is 1.95 bits per heavy atom. The zero-order valence-corrected chi connectivity index (χ0v) is 11.9. The smallest absolute Gasteiger partial charge is 0.161 e. The SMILES string of the molecule is CCNC1CCCc2cc3c(cc21)OCC(C)CO3. The van der Waals surface area contributed by atoms with Crippen molar-refractivity contribution in [2.75, 3.05) is 19.8 Å². The van der Waals surface area contributed by atoms with Crippen LogP contribution in [0.3, 0.4) is 0 Å². The third-order valence-corrected chi connectivity index (χ3v) is 4.02. The predicted molar refractivity (Wildman–Crippen MR) is 76.0 cm³/mol. The molecule has 1 aromatic rings. The Balaban J connectivity index is 1.94. The minimum Gasteiger partial charge on any atom is -0.489 e. The molecule has 3 nitrogen and oxygen atoms in total. The lowest BCUT2D eigenvalue weighted by atomic mass is 9.87. The average Bonchev–Trinajstić information content (AvgIpc) is 2.60. The number of fused-ring (bicyclic) bond motifs is 2. The first-order chi connectivity index (χ1) is 9.28. The maximum atomic E-state index is 5.90. The lowest BCUT2D eigenvalue weighted by Crippen LogP contribution is -2.25. The Morgan fingerprint density at radius 3 is 2.68 bits per heavy atom. The monoisotopic (exact) mass is 261 g/mol. The highest BCUT2D eigenvalue weighted by Gasteiger charge is 2.24. The molecule has 19 heavy (non-hydrogen) atoms. The van der Waals surface area contributed by atoms with Crippen LogP contribution in [0.25, 0.3) is 0 Å². The van der Waals surface area contributed by atoms with E-state index in [1.165, 1.54) is 24.0 Å². The molecular weight excluding hydrogens is 238 g/mol. The zero-order valence-electron chi connectivity index (χ0n) is 11.9. The van der Waals surface area contributed by atoms with E-state index in [-0.39, 0.29) is 0 Å². The molecule has 3 heteroatoms. The van der Waals surface area contributed by atoms with Gasteiger partial charge in [-0.2, -0.15) is 0 Å². The Bertz CT molecular complexity index is 458. The van der Waals surface area contributed by atoms with E-state index >= 15 is 0 Å². The van der Waals surface area contributed by atoms with Crippen LogP contribution in [0, 0.1) is 5.92 Å². The van der Waals surface area contributed by atoms with Crippen molar-refractivity contribution in [1.82, 2.24) is 5.32 Å². The van der Waals surface area contributed by atoms with E-state index < -0.39 is 0 Å². The van der Waals surface area contributed by atoms with Crippen molar-refractivity contribution < 1.29 is 9.47 Å². The van der Waals surface area contributed by atoms with Gasteiger partial charge < -0.3 is 14.8 Å². The Kier molecular flexibility index (Phi) is 3.65. The number of nitrogens with one attached hydrogen (secondary N) is 1. The molecule has 2 atom stereocenters. The Hall–Kier alpha value is -1.22. The molecule has 2 unspecified atom stereocenters. The second-order valence-electron chi connectivity index (χ2n) is 5.73. The van der Waals surface area contributed by atoms with Gasteiger partial charge in [0, 0.05) is 12.0 Å². The molecule has 1 N–H and O–H groups in total. The van der Waals surface area contributed by atoms with Crippen molar-refractivity contribution >= 4 is 0 Å². The summed E-state index contributed by atoms with van der Waals surface area (Å²) in [6.45, 7) is 6.84. The summed E-state index contributed by atoms with van der Waals surface area (Å²) in [7, 11) is 0.